The summed E-state index contributed by atoms with van der Waals surface area (Å²) in [5, 5.41) is 8.63. The second-order valence-corrected chi connectivity index (χ2v) is 4.06. The Kier molecular flexibility index (Phi) is 3.73. The second kappa shape index (κ2) is 3.86. The molecule has 0 bridgehead atoms. The minimum Gasteiger partial charge on any atom is -0.389 e. The predicted molar refractivity (Wildman–Crippen MR) is 45.3 cm³/mol. The first-order valence-electron chi connectivity index (χ1n) is 4.04. The minimum atomic E-state index is -0.358. The van der Waals surface area contributed by atoms with E-state index in [2.05, 4.69) is 13.8 Å². The van der Waals surface area contributed by atoms with Crippen molar-refractivity contribution in [2.45, 2.75) is 34.1 Å². The Morgan fingerprint density at radius 3 is 2.18 bits per heavy atom. The van der Waals surface area contributed by atoms with Crippen LogP contribution in [-0.2, 0) is 4.79 Å². The quantitative estimate of drug-likeness (QED) is 0.675. The van der Waals surface area contributed by atoms with Gasteiger partial charge < -0.3 is 5.11 Å². The van der Waals surface area contributed by atoms with Crippen LogP contribution < -0.4 is 0 Å². The predicted octanol–water partition coefficient (Wildman–Crippen LogP) is 1.62. The maximum Gasteiger partial charge on any atom is 0.163 e. The summed E-state index contributed by atoms with van der Waals surface area (Å²) in [6.07, 6.45) is 0.840. The zero-order chi connectivity index (χ0) is 9.07. The number of hydrogen-bond acceptors (Lipinski definition) is 2. The van der Waals surface area contributed by atoms with Gasteiger partial charge in [0.15, 0.2) is 5.78 Å². The van der Waals surface area contributed by atoms with Gasteiger partial charge in [-0.3, -0.25) is 4.79 Å². The molecule has 0 atom stereocenters. The van der Waals surface area contributed by atoms with Gasteiger partial charge in [0.2, 0.25) is 0 Å². The fourth-order valence-electron chi connectivity index (χ4n) is 1.35. The molecule has 0 amide bonds. The highest BCUT2D eigenvalue weighted by Gasteiger charge is 2.26. The Balaban J connectivity index is 4.09. The van der Waals surface area contributed by atoms with Gasteiger partial charge in [-0.05, 0) is 12.3 Å². The van der Waals surface area contributed by atoms with E-state index < -0.39 is 0 Å². The molecule has 0 saturated carbocycles. The Bertz CT molecular complexity index is 136. The van der Waals surface area contributed by atoms with Crippen LogP contribution in [0.15, 0.2) is 0 Å². The van der Waals surface area contributed by atoms with E-state index in [1.54, 1.807) is 0 Å². The molecular formula is C9H18O2. The van der Waals surface area contributed by atoms with Crippen LogP contribution in [0.5, 0.6) is 0 Å². The fourth-order valence-corrected chi connectivity index (χ4v) is 1.35. The largest absolute Gasteiger partial charge is 0.389 e. The highest BCUT2D eigenvalue weighted by Crippen LogP contribution is 2.25. The first kappa shape index (κ1) is 10.6. The van der Waals surface area contributed by atoms with E-state index in [9.17, 15) is 4.79 Å². The van der Waals surface area contributed by atoms with E-state index >= 15 is 0 Å². The van der Waals surface area contributed by atoms with E-state index in [4.69, 9.17) is 5.11 Å². The lowest BCUT2D eigenvalue weighted by atomic mass is 9.80. The summed E-state index contributed by atoms with van der Waals surface area (Å²) in [4.78, 5) is 11.1. The van der Waals surface area contributed by atoms with Crippen molar-refractivity contribution in [1.82, 2.24) is 0 Å². The lowest BCUT2D eigenvalue weighted by Gasteiger charge is -2.23. The molecular weight excluding hydrogens is 140 g/mol. The molecule has 2 heteroatoms. The smallest absolute Gasteiger partial charge is 0.163 e. The van der Waals surface area contributed by atoms with Crippen molar-refractivity contribution in [3.63, 3.8) is 0 Å². The SMILES string of the molecule is CC(C)CC(C)(C)C(=O)CO. The van der Waals surface area contributed by atoms with Crippen LogP contribution in [0.3, 0.4) is 0 Å². The highest BCUT2D eigenvalue weighted by atomic mass is 16.3. The van der Waals surface area contributed by atoms with E-state index in [1.165, 1.54) is 0 Å². The van der Waals surface area contributed by atoms with Crippen LogP contribution in [0.4, 0.5) is 0 Å². The summed E-state index contributed by atoms with van der Waals surface area (Å²) in [5.41, 5.74) is -0.358. The van der Waals surface area contributed by atoms with Gasteiger partial charge in [0.05, 0.1) is 0 Å². The standard InChI is InChI=1S/C9H18O2/c1-7(2)5-9(3,4)8(11)6-10/h7,10H,5-6H2,1-4H3. The van der Waals surface area contributed by atoms with Crippen molar-refractivity contribution in [2.24, 2.45) is 11.3 Å². The third kappa shape index (κ3) is 3.51. The molecule has 0 aliphatic carbocycles. The van der Waals surface area contributed by atoms with Crippen LogP contribution in [0.25, 0.3) is 0 Å². The maximum absolute atomic E-state index is 11.1. The lowest BCUT2D eigenvalue weighted by Crippen LogP contribution is -2.28. The molecule has 0 aromatic rings. The number of ketones is 1. The van der Waals surface area contributed by atoms with Gasteiger partial charge in [-0.1, -0.05) is 27.7 Å². The Labute approximate surface area is 68.6 Å². The van der Waals surface area contributed by atoms with Gasteiger partial charge >= 0.3 is 0 Å². The van der Waals surface area contributed by atoms with Gasteiger partial charge in [0.25, 0.3) is 0 Å². The monoisotopic (exact) mass is 158 g/mol. The van der Waals surface area contributed by atoms with Crippen LogP contribution in [0.2, 0.25) is 0 Å². The molecule has 11 heavy (non-hydrogen) atoms. The lowest BCUT2D eigenvalue weighted by molar-refractivity contribution is -0.130. The summed E-state index contributed by atoms with van der Waals surface area (Å²) < 4.78 is 0. The molecule has 0 unspecified atom stereocenters. The van der Waals surface area contributed by atoms with Crippen molar-refractivity contribution >= 4 is 5.78 Å². The number of rotatable bonds is 4. The minimum absolute atomic E-state index is 0.0637. The zero-order valence-corrected chi connectivity index (χ0v) is 7.85. The fraction of sp³-hybridized carbons (Fsp3) is 0.889. The molecule has 1 N–H and O–H groups in total. The van der Waals surface area contributed by atoms with Gasteiger partial charge in [-0.25, -0.2) is 0 Å². The van der Waals surface area contributed by atoms with Crippen LogP contribution in [0.1, 0.15) is 34.1 Å². The summed E-state index contributed by atoms with van der Waals surface area (Å²) >= 11 is 0. The number of carbonyl (C=O) groups excluding carboxylic acids is 1. The van der Waals surface area contributed by atoms with Gasteiger partial charge in [0.1, 0.15) is 6.61 Å². The number of carbonyl (C=O) groups is 1. The Hall–Kier alpha value is -0.370. The second-order valence-electron chi connectivity index (χ2n) is 4.06. The molecule has 0 saturated heterocycles. The molecule has 0 radical (unpaired) electrons. The third-order valence-electron chi connectivity index (χ3n) is 1.82. The van der Waals surface area contributed by atoms with Gasteiger partial charge in [-0.15, -0.1) is 0 Å². The summed E-state index contributed by atoms with van der Waals surface area (Å²) in [6, 6.07) is 0. The summed E-state index contributed by atoms with van der Waals surface area (Å²) in [5.74, 6) is 0.437. The topological polar surface area (TPSA) is 37.3 Å². The number of Topliss-reactive ketones (excluding diaryl/α,β-unsaturated/α-hetero) is 1. The molecule has 0 aliphatic rings. The molecule has 0 heterocycles. The average molecular weight is 158 g/mol. The molecule has 0 aromatic heterocycles. The number of aliphatic hydroxyl groups excluding tert-OH is 1. The third-order valence-corrected chi connectivity index (χ3v) is 1.82. The van der Waals surface area contributed by atoms with Crippen molar-refractivity contribution in [3.8, 4) is 0 Å². The maximum atomic E-state index is 11.1. The number of aliphatic hydroxyl groups is 1. The van der Waals surface area contributed by atoms with E-state index in [1.807, 2.05) is 13.8 Å². The van der Waals surface area contributed by atoms with E-state index in [0.717, 1.165) is 6.42 Å². The Morgan fingerprint density at radius 2 is 1.91 bits per heavy atom. The van der Waals surface area contributed by atoms with Crippen molar-refractivity contribution in [1.29, 1.82) is 0 Å². The van der Waals surface area contributed by atoms with Crippen LogP contribution >= 0.6 is 0 Å². The number of hydrogen-bond donors (Lipinski definition) is 1. The van der Waals surface area contributed by atoms with E-state index in [-0.39, 0.29) is 17.8 Å². The molecule has 0 aromatic carbocycles. The first-order valence-corrected chi connectivity index (χ1v) is 4.04. The van der Waals surface area contributed by atoms with Gasteiger partial charge in [0, 0.05) is 5.41 Å². The molecule has 0 spiro atoms. The first-order chi connectivity index (χ1) is 4.90. The van der Waals surface area contributed by atoms with Gasteiger partial charge in [-0.2, -0.15) is 0 Å². The molecule has 66 valence electrons. The summed E-state index contributed by atoms with van der Waals surface area (Å²) in [7, 11) is 0. The zero-order valence-electron chi connectivity index (χ0n) is 7.85. The van der Waals surface area contributed by atoms with Crippen LogP contribution in [-0.4, -0.2) is 17.5 Å². The molecule has 0 fully saturated rings. The average Bonchev–Trinajstić information content (AvgIpc) is 1.83. The van der Waals surface area contributed by atoms with Crippen molar-refractivity contribution < 1.29 is 9.90 Å². The normalized spacial score (nSPS) is 12.2. The summed E-state index contributed by atoms with van der Waals surface area (Å²) in [6.45, 7) is 7.58. The Morgan fingerprint density at radius 1 is 1.45 bits per heavy atom. The van der Waals surface area contributed by atoms with E-state index in [0.29, 0.717) is 5.92 Å². The molecule has 0 aliphatic heterocycles. The van der Waals surface area contributed by atoms with Crippen molar-refractivity contribution in [2.75, 3.05) is 6.61 Å². The van der Waals surface area contributed by atoms with Crippen LogP contribution in [0, 0.1) is 11.3 Å². The van der Waals surface area contributed by atoms with Crippen molar-refractivity contribution in [3.05, 3.63) is 0 Å². The highest BCUT2D eigenvalue weighted by molar-refractivity contribution is 5.84. The molecule has 0 rings (SSSR count). The molecule has 2 nitrogen and oxygen atoms in total.